The average molecular weight is 238 g/mol. The lowest BCUT2D eigenvalue weighted by molar-refractivity contribution is -0.346. The van der Waals surface area contributed by atoms with Crippen LogP contribution in [0.5, 0.6) is 0 Å². The van der Waals surface area contributed by atoms with Gasteiger partial charge in [-0.05, 0) is 6.92 Å². The highest BCUT2D eigenvalue weighted by Crippen LogP contribution is 2.29. The zero-order valence-corrected chi connectivity index (χ0v) is 8.98. The monoisotopic (exact) mass is 238 g/mol. The highest BCUT2D eigenvalue weighted by atomic mass is 16.7. The Morgan fingerprint density at radius 1 is 1.31 bits per heavy atom. The summed E-state index contributed by atoms with van der Waals surface area (Å²) in [6, 6.07) is 0. The molecule has 0 saturated carbocycles. The second-order valence-corrected chi connectivity index (χ2v) is 3.89. The Kier molecular flexibility index (Phi) is 4.62. The zero-order valence-electron chi connectivity index (χ0n) is 8.98. The van der Waals surface area contributed by atoms with Crippen molar-refractivity contribution < 1.29 is 35.0 Å². The molecule has 0 unspecified atom stereocenters. The summed E-state index contributed by atoms with van der Waals surface area (Å²) >= 11 is 0. The molecule has 0 spiro atoms. The molecule has 96 valence electrons. The summed E-state index contributed by atoms with van der Waals surface area (Å²) in [5.41, 5.74) is 0. The molecule has 0 amide bonds. The summed E-state index contributed by atoms with van der Waals surface area (Å²) < 4.78 is 9.94. The summed E-state index contributed by atoms with van der Waals surface area (Å²) in [5, 5.41) is 46.6. The van der Waals surface area contributed by atoms with Gasteiger partial charge < -0.3 is 35.0 Å². The van der Waals surface area contributed by atoms with E-state index in [-0.39, 0.29) is 13.2 Å². The van der Waals surface area contributed by atoms with Crippen LogP contribution >= 0.6 is 0 Å². The molecular formula is C9H18O7. The molecule has 7 nitrogen and oxygen atoms in total. The predicted octanol–water partition coefficient (Wildman–Crippen LogP) is -2.81. The first-order valence-corrected chi connectivity index (χ1v) is 5.03. The van der Waals surface area contributed by atoms with Gasteiger partial charge in [-0.25, -0.2) is 0 Å². The SMILES string of the molecule is C[C@@]1(O)O[C@H](CO)[C@@H](O)[C@H](OCCO)[C@H]1O. The van der Waals surface area contributed by atoms with Crippen LogP contribution < -0.4 is 0 Å². The van der Waals surface area contributed by atoms with Crippen molar-refractivity contribution in [2.24, 2.45) is 0 Å². The topological polar surface area (TPSA) is 120 Å². The van der Waals surface area contributed by atoms with E-state index < -0.39 is 36.8 Å². The van der Waals surface area contributed by atoms with Crippen LogP contribution in [0.3, 0.4) is 0 Å². The molecule has 1 fully saturated rings. The summed E-state index contributed by atoms with van der Waals surface area (Å²) in [6.45, 7) is 0.334. The Hall–Kier alpha value is -0.280. The number of hydrogen-bond donors (Lipinski definition) is 5. The van der Waals surface area contributed by atoms with Crippen LogP contribution in [0.2, 0.25) is 0 Å². The van der Waals surface area contributed by atoms with Crippen molar-refractivity contribution in [2.45, 2.75) is 37.1 Å². The van der Waals surface area contributed by atoms with E-state index in [0.29, 0.717) is 0 Å². The Labute approximate surface area is 92.9 Å². The van der Waals surface area contributed by atoms with E-state index in [1.54, 1.807) is 0 Å². The molecule has 16 heavy (non-hydrogen) atoms. The third kappa shape index (κ3) is 2.69. The molecule has 1 heterocycles. The lowest BCUT2D eigenvalue weighted by Crippen LogP contribution is -2.64. The van der Waals surface area contributed by atoms with E-state index in [2.05, 4.69) is 0 Å². The van der Waals surface area contributed by atoms with Crippen molar-refractivity contribution in [3.05, 3.63) is 0 Å². The third-order valence-corrected chi connectivity index (χ3v) is 2.55. The summed E-state index contributed by atoms with van der Waals surface area (Å²) in [4.78, 5) is 0. The molecule has 0 aromatic rings. The van der Waals surface area contributed by atoms with Crippen LogP contribution in [-0.4, -0.2) is 75.6 Å². The fraction of sp³-hybridized carbons (Fsp3) is 1.00. The summed E-state index contributed by atoms with van der Waals surface area (Å²) in [7, 11) is 0. The molecule has 0 bridgehead atoms. The smallest absolute Gasteiger partial charge is 0.192 e. The second-order valence-electron chi connectivity index (χ2n) is 3.89. The highest BCUT2D eigenvalue weighted by Gasteiger charge is 2.50. The molecule has 0 aliphatic carbocycles. The fourth-order valence-corrected chi connectivity index (χ4v) is 1.67. The predicted molar refractivity (Wildman–Crippen MR) is 51.4 cm³/mol. The fourth-order valence-electron chi connectivity index (χ4n) is 1.67. The van der Waals surface area contributed by atoms with Gasteiger partial charge >= 0.3 is 0 Å². The van der Waals surface area contributed by atoms with Crippen molar-refractivity contribution in [1.82, 2.24) is 0 Å². The minimum Gasteiger partial charge on any atom is -0.394 e. The van der Waals surface area contributed by atoms with Crippen LogP contribution in [-0.2, 0) is 9.47 Å². The largest absolute Gasteiger partial charge is 0.394 e. The molecule has 1 saturated heterocycles. The number of aliphatic hydroxyl groups excluding tert-OH is 4. The van der Waals surface area contributed by atoms with E-state index >= 15 is 0 Å². The third-order valence-electron chi connectivity index (χ3n) is 2.55. The molecule has 0 aromatic carbocycles. The van der Waals surface area contributed by atoms with Crippen LogP contribution in [0, 0.1) is 0 Å². The van der Waals surface area contributed by atoms with Gasteiger partial charge in [0.1, 0.15) is 24.4 Å². The molecule has 0 radical (unpaired) electrons. The van der Waals surface area contributed by atoms with E-state index in [1.807, 2.05) is 0 Å². The van der Waals surface area contributed by atoms with Crippen molar-refractivity contribution in [3.63, 3.8) is 0 Å². The van der Waals surface area contributed by atoms with Gasteiger partial charge in [-0.1, -0.05) is 0 Å². The first-order valence-electron chi connectivity index (χ1n) is 5.03. The molecular weight excluding hydrogens is 220 g/mol. The first kappa shape index (κ1) is 13.8. The number of ether oxygens (including phenoxy) is 2. The van der Waals surface area contributed by atoms with Gasteiger partial charge in [0.2, 0.25) is 0 Å². The molecule has 7 heteroatoms. The van der Waals surface area contributed by atoms with Crippen molar-refractivity contribution in [1.29, 1.82) is 0 Å². The summed E-state index contributed by atoms with van der Waals surface area (Å²) in [5.74, 6) is -1.91. The molecule has 1 rings (SSSR count). The number of rotatable bonds is 4. The van der Waals surface area contributed by atoms with Gasteiger partial charge in [-0.3, -0.25) is 0 Å². The van der Waals surface area contributed by atoms with Crippen molar-refractivity contribution in [3.8, 4) is 0 Å². The zero-order chi connectivity index (χ0) is 12.3. The van der Waals surface area contributed by atoms with Gasteiger partial charge in [0.05, 0.1) is 19.8 Å². The number of hydrogen-bond acceptors (Lipinski definition) is 7. The minimum absolute atomic E-state index is 0.0903. The van der Waals surface area contributed by atoms with Gasteiger partial charge in [-0.15, -0.1) is 0 Å². The summed E-state index contributed by atoms with van der Waals surface area (Å²) in [6.07, 6.45) is -4.89. The van der Waals surface area contributed by atoms with Crippen LogP contribution in [0.1, 0.15) is 6.92 Å². The highest BCUT2D eigenvalue weighted by molar-refractivity contribution is 4.94. The quantitative estimate of drug-likeness (QED) is 0.358. The molecule has 5 N–H and O–H groups in total. The number of aliphatic hydroxyl groups is 5. The Bertz CT molecular complexity index is 220. The van der Waals surface area contributed by atoms with Crippen LogP contribution in [0.4, 0.5) is 0 Å². The normalized spacial score (nSPS) is 44.6. The lowest BCUT2D eigenvalue weighted by Gasteiger charge is -2.45. The van der Waals surface area contributed by atoms with Crippen molar-refractivity contribution >= 4 is 0 Å². The molecule has 1 aliphatic heterocycles. The van der Waals surface area contributed by atoms with Gasteiger partial charge in [0.25, 0.3) is 0 Å². The lowest BCUT2D eigenvalue weighted by atomic mass is 9.93. The van der Waals surface area contributed by atoms with E-state index in [4.69, 9.17) is 19.7 Å². The van der Waals surface area contributed by atoms with Gasteiger partial charge in [0, 0.05) is 0 Å². The average Bonchev–Trinajstić information content (AvgIpc) is 2.24. The minimum atomic E-state index is -1.91. The maximum atomic E-state index is 9.70. The van der Waals surface area contributed by atoms with Crippen molar-refractivity contribution in [2.75, 3.05) is 19.8 Å². The first-order chi connectivity index (χ1) is 7.44. The molecule has 1 aliphatic rings. The standard InChI is InChI=1S/C9H18O7/c1-9(14)8(13)7(15-3-2-10)6(12)5(4-11)16-9/h5-8,10-14H,2-4H2,1H3/t5-,6-,7+,8-,9-/m1/s1. The second kappa shape index (κ2) is 5.37. The van der Waals surface area contributed by atoms with Gasteiger partial charge in [-0.2, -0.15) is 0 Å². The Balaban J connectivity index is 2.76. The molecule has 0 aromatic heterocycles. The molecule has 5 atom stereocenters. The maximum Gasteiger partial charge on any atom is 0.192 e. The van der Waals surface area contributed by atoms with Crippen LogP contribution in [0.15, 0.2) is 0 Å². The van der Waals surface area contributed by atoms with E-state index in [0.717, 1.165) is 0 Å². The Morgan fingerprint density at radius 3 is 2.44 bits per heavy atom. The van der Waals surface area contributed by atoms with E-state index in [1.165, 1.54) is 6.92 Å². The maximum absolute atomic E-state index is 9.70. The Morgan fingerprint density at radius 2 is 1.94 bits per heavy atom. The van der Waals surface area contributed by atoms with E-state index in [9.17, 15) is 15.3 Å². The van der Waals surface area contributed by atoms with Gasteiger partial charge in [0.15, 0.2) is 5.79 Å². The van der Waals surface area contributed by atoms with Crippen LogP contribution in [0.25, 0.3) is 0 Å².